The van der Waals surface area contributed by atoms with Crippen molar-refractivity contribution < 1.29 is 0 Å². The third kappa shape index (κ3) is 454. The zero-order valence-electron chi connectivity index (χ0n) is 108. The first-order valence-corrected chi connectivity index (χ1v) is 56.0. The number of benzene rings is 2. The highest BCUT2D eigenvalue weighted by molar-refractivity contribution is 6.69. The van der Waals surface area contributed by atoms with Crippen LogP contribution in [0.25, 0.3) is 0 Å². The summed E-state index contributed by atoms with van der Waals surface area (Å²) >= 11 is 0. The lowest BCUT2D eigenvalue weighted by Crippen LogP contribution is -2.05. The van der Waals surface area contributed by atoms with Gasteiger partial charge in [0.05, 0.1) is 0 Å². The molecule has 0 fully saturated rings. The molecular formula is C136H304B4N4. The number of allylic oxidation sites excluding steroid dienone is 24. The molecule has 0 saturated heterocycles. The third-order valence-electron chi connectivity index (χ3n) is 12.6. The first-order valence-electron chi connectivity index (χ1n) is 56.0. The van der Waals surface area contributed by atoms with Crippen molar-refractivity contribution in [3.8, 4) is 0 Å². The van der Waals surface area contributed by atoms with Crippen molar-refractivity contribution in [2.45, 2.75) is 551 Å². The lowest BCUT2D eigenvalue weighted by molar-refractivity contribution is 0.564. The molecule has 4 nitrogen and oxygen atoms in total. The van der Waals surface area contributed by atoms with Crippen LogP contribution in [0, 0.1) is 13.8 Å². The molecule has 0 N–H and O–H groups in total. The van der Waals surface area contributed by atoms with E-state index >= 15 is 0 Å². The molecule has 0 unspecified atom stereocenters. The van der Waals surface area contributed by atoms with Gasteiger partial charge in [-0.3, -0.25) is 0 Å². The number of hydrogen-bond acceptors (Lipinski definition) is 4. The fraction of sp³-hybridized carbons (Fsp3) is 0.647. The zero-order valence-corrected chi connectivity index (χ0v) is 108. The standard InChI is InChI=1S/4C9H18BN.2C9H12.2C6H10.6C5H10.16C2H6.8CH4/c4*1-5-6-7-10(2)8-9-11(3)4;2*1-3-9-7-5-4-6-8(9)2;2*1-3-5-6-4-2;6*1-3-5-4-2;16*1-2;;;;;;;;/h4*6-9H,5H2,1-4H3;2*4-7H,3H2,1-2H3;2*3-6H,1-2H3;6*3,5H,4H2,1-2H3;16*1-2H3;8*1H4/b4*7-6-,9-8-;;;2*5-3-,6-4-;6*5-3-;;;;;;;;;;;;;;;;;;;;;;;;. The van der Waals surface area contributed by atoms with E-state index in [1.165, 1.54) is 22.3 Å². The maximum Gasteiger partial charge on any atom is 0.190 e. The Kier molecular flexibility index (Phi) is 592. The average Bonchev–Trinajstić information content (AvgIpc) is 0.928. The van der Waals surface area contributed by atoms with E-state index in [0.29, 0.717) is 26.9 Å². The van der Waals surface area contributed by atoms with E-state index < -0.39 is 0 Å². The molecule has 0 radical (unpaired) electrons. The molecule has 2 rings (SSSR count). The number of aryl methyl sites for hydroxylation is 4. The Balaban J connectivity index is -0.0000000252. The van der Waals surface area contributed by atoms with Gasteiger partial charge in [-0.1, -0.05) is 610 Å². The third-order valence-corrected chi connectivity index (χ3v) is 12.6. The SMILES string of the molecule is C.C.C.C.C.C.C.C.C/C=C\C=C/C.C/C=C\C=C/C.C/C=C\CC.C/C=C\CC.C/C=C\CC.C/C=C\CC.C/C=C\CC.C/C=C\CC.CC.CC.CC.CC.CC.CC.CC.CC.CC.CC.CC.CC.CC.CC.CC.CC.CC/C=C\B(C)/C=C\N(C)C.CC/C=C\B(C)/C=C\N(C)C.CC/C=C\B(C)/C=C\N(C)C.CC/C=C\B(C)/C=C\N(C)C.CCc1ccccc1C.CCc1ccccc1C. The van der Waals surface area contributed by atoms with Gasteiger partial charge in [0, 0.05) is 56.4 Å². The second-order valence-corrected chi connectivity index (χ2v) is 24.5. The molecule has 0 aliphatic rings. The van der Waals surface area contributed by atoms with Crippen LogP contribution in [0.2, 0.25) is 27.3 Å². The van der Waals surface area contributed by atoms with Crippen LogP contribution in [0.4, 0.5) is 0 Å². The molecule has 0 amide bonds. The molecule has 2 aromatic carbocycles. The van der Waals surface area contributed by atoms with E-state index in [1.807, 2.05) is 396 Å². The summed E-state index contributed by atoms with van der Waals surface area (Å²) in [6.45, 7) is 125. The van der Waals surface area contributed by atoms with Gasteiger partial charge in [-0.25, -0.2) is 0 Å². The Labute approximate surface area is 937 Å². The van der Waals surface area contributed by atoms with Gasteiger partial charge in [0.25, 0.3) is 0 Å². The van der Waals surface area contributed by atoms with Crippen LogP contribution in [-0.4, -0.2) is 103 Å². The summed E-state index contributed by atoms with van der Waals surface area (Å²) in [7, 11) is 16.3. The molecular weight excluding hydrogens is 1730 g/mol. The van der Waals surface area contributed by atoms with Crippen LogP contribution >= 0.6 is 0 Å². The van der Waals surface area contributed by atoms with Crippen LogP contribution in [0.1, 0.15) is 520 Å². The molecule has 0 aromatic heterocycles. The first-order chi connectivity index (χ1) is 65.7. The maximum atomic E-state index is 2.22. The molecule has 0 spiro atoms. The molecule has 144 heavy (non-hydrogen) atoms. The van der Waals surface area contributed by atoms with Gasteiger partial charge in [-0.15, -0.1) is 23.9 Å². The fourth-order valence-corrected chi connectivity index (χ4v) is 6.76. The van der Waals surface area contributed by atoms with Crippen LogP contribution in [0.15, 0.2) is 267 Å². The molecule has 2 aromatic rings. The summed E-state index contributed by atoms with van der Waals surface area (Å²) in [6.07, 6.45) is 72.0. The van der Waals surface area contributed by atoms with E-state index in [2.05, 4.69) is 362 Å². The van der Waals surface area contributed by atoms with Crippen LogP contribution in [0.5, 0.6) is 0 Å². The highest BCUT2D eigenvalue weighted by Gasteiger charge is 1.97. The number of hydrogen-bond donors (Lipinski definition) is 0. The van der Waals surface area contributed by atoms with Crippen molar-refractivity contribution in [1.29, 1.82) is 0 Å². The van der Waals surface area contributed by atoms with Crippen LogP contribution < -0.4 is 0 Å². The van der Waals surface area contributed by atoms with Crippen LogP contribution in [0.3, 0.4) is 0 Å². The number of rotatable bonds is 26. The lowest BCUT2D eigenvalue weighted by Gasteiger charge is -2.03. The van der Waals surface area contributed by atoms with Crippen molar-refractivity contribution in [3.05, 3.63) is 289 Å². The highest BCUT2D eigenvalue weighted by Crippen LogP contribution is 2.07. The van der Waals surface area contributed by atoms with Gasteiger partial charge in [0.2, 0.25) is 0 Å². The van der Waals surface area contributed by atoms with Gasteiger partial charge in [0.15, 0.2) is 26.9 Å². The smallest absolute Gasteiger partial charge is 0.190 e. The summed E-state index contributed by atoms with van der Waals surface area (Å²) in [4.78, 5) is 8.21. The topological polar surface area (TPSA) is 13.0 Å². The highest BCUT2D eigenvalue weighted by atomic mass is 15.0. The minimum atomic E-state index is 0. The van der Waals surface area contributed by atoms with Crippen molar-refractivity contribution in [2.24, 2.45) is 0 Å². The Morgan fingerprint density at radius 1 is 0.188 bits per heavy atom. The summed E-state index contributed by atoms with van der Waals surface area (Å²) < 4.78 is 0. The van der Waals surface area contributed by atoms with E-state index in [-0.39, 0.29) is 59.4 Å². The molecule has 0 bridgehead atoms. The lowest BCUT2D eigenvalue weighted by atomic mass is 9.52. The molecule has 0 atom stereocenters. The van der Waals surface area contributed by atoms with E-state index in [9.17, 15) is 0 Å². The Morgan fingerprint density at radius 3 is 0.375 bits per heavy atom. The second kappa shape index (κ2) is 343. The minimum Gasteiger partial charge on any atom is -0.384 e. The Hall–Kier alpha value is -6.78. The second-order valence-electron chi connectivity index (χ2n) is 24.5. The monoisotopic (exact) mass is 2040 g/mol. The summed E-state index contributed by atoms with van der Waals surface area (Å²) in [5.41, 5.74) is 5.72. The van der Waals surface area contributed by atoms with Crippen LogP contribution in [-0.2, 0) is 12.8 Å². The summed E-state index contributed by atoms with van der Waals surface area (Å²) in [6, 6.07) is 17.0. The van der Waals surface area contributed by atoms with Crippen molar-refractivity contribution in [1.82, 2.24) is 19.6 Å². The molecule has 8 heteroatoms. The normalized spacial score (nSPS) is 8.36. The fourth-order valence-electron chi connectivity index (χ4n) is 6.76. The predicted molar refractivity (Wildman–Crippen MR) is 742 cm³/mol. The quantitative estimate of drug-likeness (QED) is 0.0529. The molecule has 0 aliphatic carbocycles. The van der Waals surface area contributed by atoms with Gasteiger partial charge < -0.3 is 19.6 Å². The van der Waals surface area contributed by atoms with Crippen molar-refractivity contribution in [3.63, 3.8) is 0 Å². The van der Waals surface area contributed by atoms with Crippen molar-refractivity contribution in [2.75, 3.05) is 56.4 Å². The Bertz CT molecular complexity index is 2140. The van der Waals surface area contributed by atoms with Gasteiger partial charge in [0.1, 0.15) is 0 Å². The molecule has 0 aliphatic heterocycles. The molecule has 880 valence electrons. The minimum absolute atomic E-state index is 0. The number of nitrogens with zero attached hydrogens (tertiary/aromatic N) is 4. The van der Waals surface area contributed by atoms with E-state index in [4.69, 9.17) is 0 Å². The molecule has 0 saturated carbocycles. The predicted octanol–water partition coefficient (Wildman–Crippen LogP) is 51.7. The first kappa shape index (κ1) is 249. The summed E-state index contributed by atoms with van der Waals surface area (Å²) in [5, 5.41) is 0. The summed E-state index contributed by atoms with van der Waals surface area (Å²) in [5.74, 6) is 17.6. The average molecular weight is 2040 g/mol. The Morgan fingerprint density at radius 2 is 0.306 bits per heavy atom. The molecule has 0 heterocycles. The van der Waals surface area contributed by atoms with E-state index in [1.54, 1.807) is 0 Å². The van der Waals surface area contributed by atoms with Gasteiger partial charge >= 0.3 is 0 Å². The largest absolute Gasteiger partial charge is 0.384 e. The van der Waals surface area contributed by atoms with Crippen molar-refractivity contribution >= 4 is 26.9 Å². The zero-order chi connectivity index (χ0) is 115. The van der Waals surface area contributed by atoms with E-state index in [0.717, 1.165) is 77.0 Å². The maximum absolute atomic E-state index is 2.22. The van der Waals surface area contributed by atoms with Gasteiger partial charge in [-0.2, -0.15) is 0 Å². The van der Waals surface area contributed by atoms with Gasteiger partial charge in [-0.05, 0) is 207 Å².